The summed E-state index contributed by atoms with van der Waals surface area (Å²) in [4.78, 5) is 12.0. The molecule has 3 fully saturated rings. The van der Waals surface area contributed by atoms with Gasteiger partial charge in [-0.2, -0.15) is 0 Å². The molecule has 0 aromatic rings. The molecule has 0 unspecified atom stereocenters. The molecule has 0 aliphatic heterocycles. The fourth-order valence-electron chi connectivity index (χ4n) is 9.06. The SMILES string of the molecule is CC(C)CCC[C@@H](C)[C@H]1CC[C@H]2[C@H]3CC=C4C[C@@H](O)CC[C@]4(CC(=O)O)[C@H]3CC[C@]12C. The Morgan fingerprint density at radius 2 is 1.87 bits per heavy atom. The quantitative estimate of drug-likeness (QED) is 0.435. The second-order valence-electron chi connectivity index (χ2n) is 12.5. The van der Waals surface area contributed by atoms with E-state index in [0.717, 1.165) is 42.9 Å². The smallest absolute Gasteiger partial charge is 0.304 e. The van der Waals surface area contributed by atoms with Crippen LogP contribution in [0, 0.1) is 46.3 Å². The zero-order valence-corrected chi connectivity index (χ0v) is 20.4. The van der Waals surface area contributed by atoms with E-state index in [4.69, 9.17) is 0 Å². The van der Waals surface area contributed by atoms with Crippen LogP contribution >= 0.6 is 0 Å². The summed E-state index contributed by atoms with van der Waals surface area (Å²) in [5, 5.41) is 20.1. The molecule has 0 spiro atoms. The van der Waals surface area contributed by atoms with Crippen molar-refractivity contribution in [2.24, 2.45) is 46.3 Å². The Morgan fingerprint density at radius 3 is 2.58 bits per heavy atom. The summed E-state index contributed by atoms with van der Waals surface area (Å²) in [7, 11) is 0. The number of rotatable bonds is 7. The summed E-state index contributed by atoms with van der Waals surface area (Å²) in [6.07, 6.45) is 15.1. The van der Waals surface area contributed by atoms with E-state index in [0.29, 0.717) is 23.7 Å². The summed E-state index contributed by atoms with van der Waals surface area (Å²) in [5.41, 5.74) is 1.54. The Bertz CT molecular complexity index is 696. The van der Waals surface area contributed by atoms with Crippen molar-refractivity contribution in [3.63, 3.8) is 0 Å². The van der Waals surface area contributed by atoms with Gasteiger partial charge in [-0.3, -0.25) is 4.79 Å². The highest BCUT2D eigenvalue weighted by molar-refractivity contribution is 5.69. The minimum atomic E-state index is -0.653. The third-order valence-electron chi connectivity index (χ3n) is 10.5. The van der Waals surface area contributed by atoms with Gasteiger partial charge in [-0.25, -0.2) is 0 Å². The van der Waals surface area contributed by atoms with Gasteiger partial charge in [0.25, 0.3) is 0 Å². The van der Waals surface area contributed by atoms with Gasteiger partial charge in [0.1, 0.15) is 0 Å². The van der Waals surface area contributed by atoms with Gasteiger partial charge in [-0.05, 0) is 92.3 Å². The summed E-state index contributed by atoms with van der Waals surface area (Å²) >= 11 is 0. The molecule has 0 heterocycles. The van der Waals surface area contributed by atoms with Gasteiger partial charge in [0, 0.05) is 5.41 Å². The van der Waals surface area contributed by atoms with Crippen molar-refractivity contribution in [1.82, 2.24) is 0 Å². The zero-order chi connectivity index (χ0) is 22.4. The van der Waals surface area contributed by atoms with Crippen molar-refractivity contribution in [2.75, 3.05) is 0 Å². The number of hydrogen-bond donors (Lipinski definition) is 2. The number of hydrogen-bond acceptors (Lipinski definition) is 2. The number of carboxylic acids is 1. The van der Waals surface area contributed by atoms with E-state index in [2.05, 4.69) is 33.8 Å². The van der Waals surface area contributed by atoms with Crippen molar-refractivity contribution < 1.29 is 15.0 Å². The van der Waals surface area contributed by atoms with Crippen LogP contribution < -0.4 is 0 Å². The number of aliphatic carboxylic acids is 1. The summed E-state index contributed by atoms with van der Waals surface area (Å²) in [6, 6.07) is 0. The number of allylic oxidation sites excluding steroid dienone is 1. The lowest BCUT2D eigenvalue weighted by atomic mass is 9.45. The predicted molar refractivity (Wildman–Crippen MR) is 126 cm³/mol. The average molecular weight is 431 g/mol. The van der Waals surface area contributed by atoms with Crippen LogP contribution in [0.3, 0.4) is 0 Å². The molecule has 4 aliphatic carbocycles. The minimum Gasteiger partial charge on any atom is -0.481 e. The number of carboxylic acid groups (broad SMARTS) is 1. The Kier molecular flexibility index (Phi) is 6.65. The maximum atomic E-state index is 12.0. The topological polar surface area (TPSA) is 57.5 Å². The second-order valence-corrected chi connectivity index (χ2v) is 12.5. The first-order valence-electron chi connectivity index (χ1n) is 13.3. The predicted octanol–water partition coefficient (Wildman–Crippen LogP) is 6.84. The monoisotopic (exact) mass is 430 g/mol. The molecule has 0 radical (unpaired) electrons. The van der Waals surface area contributed by atoms with Gasteiger partial charge in [0.2, 0.25) is 0 Å². The van der Waals surface area contributed by atoms with Gasteiger partial charge in [-0.15, -0.1) is 0 Å². The minimum absolute atomic E-state index is 0.184. The molecular weight excluding hydrogens is 384 g/mol. The molecular formula is C28H46O3. The maximum Gasteiger partial charge on any atom is 0.304 e. The fraction of sp³-hybridized carbons (Fsp3) is 0.893. The lowest BCUT2D eigenvalue weighted by Crippen LogP contribution is -2.52. The number of carbonyl (C=O) groups is 1. The molecule has 2 N–H and O–H groups in total. The Balaban J connectivity index is 1.55. The molecule has 8 atom stereocenters. The summed E-state index contributed by atoms with van der Waals surface area (Å²) in [5.74, 6) is 3.68. The van der Waals surface area contributed by atoms with Crippen LogP contribution in [-0.2, 0) is 4.79 Å². The van der Waals surface area contributed by atoms with Gasteiger partial charge >= 0.3 is 5.97 Å². The highest BCUT2D eigenvalue weighted by atomic mass is 16.4. The molecule has 176 valence electrons. The lowest BCUT2D eigenvalue weighted by Gasteiger charge is -2.59. The highest BCUT2D eigenvalue weighted by Crippen LogP contribution is 2.68. The molecule has 4 aliphatic rings. The zero-order valence-electron chi connectivity index (χ0n) is 20.4. The maximum absolute atomic E-state index is 12.0. The van der Waals surface area contributed by atoms with Crippen molar-refractivity contribution >= 4 is 5.97 Å². The molecule has 3 heteroatoms. The van der Waals surface area contributed by atoms with Crippen LogP contribution in [0.15, 0.2) is 11.6 Å². The van der Waals surface area contributed by atoms with Crippen molar-refractivity contribution in [3.8, 4) is 0 Å². The molecule has 0 bridgehead atoms. The molecule has 0 amide bonds. The molecule has 0 aromatic carbocycles. The Hall–Kier alpha value is -0.830. The van der Waals surface area contributed by atoms with Crippen LogP contribution in [0.5, 0.6) is 0 Å². The first-order valence-corrected chi connectivity index (χ1v) is 13.3. The molecule has 0 aromatic heterocycles. The Morgan fingerprint density at radius 1 is 1.10 bits per heavy atom. The third-order valence-corrected chi connectivity index (χ3v) is 10.5. The van der Waals surface area contributed by atoms with Crippen LogP contribution in [0.1, 0.15) is 105 Å². The van der Waals surface area contributed by atoms with E-state index >= 15 is 0 Å². The van der Waals surface area contributed by atoms with Crippen LogP contribution in [0.4, 0.5) is 0 Å². The summed E-state index contributed by atoms with van der Waals surface area (Å²) < 4.78 is 0. The van der Waals surface area contributed by atoms with Gasteiger partial charge in [-0.1, -0.05) is 58.6 Å². The van der Waals surface area contributed by atoms with Crippen LogP contribution in [0.25, 0.3) is 0 Å². The highest BCUT2D eigenvalue weighted by Gasteiger charge is 2.60. The van der Waals surface area contributed by atoms with Gasteiger partial charge in [0.05, 0.1) is 12.5 Å². The van der Waals surface area contributed by atoms with E-state index in [1.54, 1.807) is 0 Å². The number of fused-ring (bicyclic) bond motifs is 5. The number of aliphatic hydroxyl groups excluding tert-OH is 1. The molecule has 0 saturated heterocycles. The van der Waals surface area contributed by atoms with E-state index < -0.39 is 5.97 Å². The van der Waals surface area contributed by atoms with Crippen molar-refractivity contribution in [3.05, 3.63) is 11.6 Å². The first-order chi connectivity index (χ1) is 14.7. The standard InChI is InChI=1S/C28H46O3/c1-18(2)6-5-7-19(3)23-10-11-24-22-9-8-20-16-21(29)12-15-28(20,17-26(30)31)25(22)13-14-27(23,24)4/h8,18-19,21-25,29H,5-7,9-17H2,1-4H3,(H,30,31)/t19-,21+,22-,23-,24+,25+,27-,28-/m1/s1. The first kappa shape index (κ1) is 23.3. The average Bonchev–Trinajstić information content (AvgIpc) is 3.05. The van der Waals surface area contributed by atoms with Crippen LogP contribution in [0.2, 0.25) is 0 Å². The van der Waals surface area contributed by atoms with Crippen LogP contribution in [-0.4, -0.2) is 22.3 Å². The fourth-order valence-corrected chi connectivity index (χ4v) is 9.06. The molecule has 4 rings (SSSR count). The lowest BCUT2D eigenvalue weighted by molar-refractivity contribution is -0.143. The van der Waals surface area contributed by atoms with E-state index in [1.165, 1.54) is 50.5 Å². The molecule has 31 heavy (non-hydrogen) atoms. The van der Waals surface area contributed by atoms with E-state index in [9.17, 15) is 15.0 Å². The number of aliphatic hydroxyl groups is 1. The Labute approximate surface area is 190 Å². The van der Waals surface area contributed by atoms with E-state index in [-0.39, 0.29) is 17.9 Å². The second kappa shape index (κ2) is 8.84. The van der Waals surface area contributed by atoms with Gasteiger partial charge in [0.15, 0.2) is 0 Å². The molecule has 3 nitrogen and oxygen atoms in total. The van der Waals surface area contributed by atoms with E-state index in [1.807, 2.05) is 0 Å². The molecule has 3 saturated carbocycles. The van der Waals surface area contributed by atoms with Gasteiger partial charge < -0.3 is 10.2 Å². The normalized spacial score (nSPS) is 43.0. The largest absolute Gasteiger partial charge is 0.481 e. The van der Waals surface area contributed by atoms with Crippen molar-refractivity contribution in [2.45, 2.75) is 111 Å². The third kappa shape index (κ3) is 4.13. The summed E-state index contributed by atoms with van der Waals surface area (Å²) in [6.45, 7) is 9.78. The van der Waals surface area contributed by atoms with Crippen molar-refractivity contribution in [1.29, 1.82) is 0 Å².